The SMILES string of the molecule is CC(C)(C)OC(=O)N1CCCC(C(=O)Nc2cccc(C(=O)NCc3ccccn3)c2)C1. The lowest BCUT2D eigenvalue weighted by atomic mass is 9.97. The predicted octanol–water partition coefficient (Wildman–Crippen LogP) is 3.60. The summed E-state index contributed by atoms with van der Waals surface area (Å²) >= 11 is 0. The number of amides is 3. The molecule has 1 saturated heterocycles. The molecule has 1 aliphatic rings. The van der Waals surface area contributed by atoms with Gasteiger partial charge in [0.15, 0.2) is 0 Å². The molecule has 1 aliphatic heterocycles. The first kappa shape index (κ1) is 23.2. The van der Waals surface area contributed by atoms with Crippen LogP contribution in [-0.2, 0) is 16.1 Å². The van der Waals surface area contributed by atoms with Crippen molar-refractivity contribution in [2.45, 2.75) is 45.8 Å². The van der Waals surface area contributed by atoms with E-state index in [-0.39, 0.29) is 17.7 Å². The Hall–Kier alpha value is -3.42. The fraction of sp³-hybridized carbons (Fsp3) is 0.417. The zero-order valence-corrected chi connectivity index (χ0v) is 18.8. The topological polar surface area (TPSA) is 101 Å². The van der Waals surface area contributed by atoms with Gasteiger partial charge in [-0.05, 0) is 63.9 Å². The summed E-state index contributed by atoms with van der Waals surface area (Å²) in [5.41, 5.74) is 1.16. The van der Waals surface area contributed by atoms with Crippen LogP contribution < -0.4 is 10.6 Å². The van der Waals surface area contributed by atoms with E-state index in [1.165, 1.54) is 0 Å². The second kappa shape index (κ2) is 10.3. The molecule has 1 fully saturated rings. The number of nitrogens with one attached hydrogen (secondary N) is 2. The Bertz CT molecular complexity index is 956. The third kappa shape index (κ3) is 6.80. The number of nitrogens with zero attached hydrogens (tertiary/aromatic N) is 2. The van der Waals surface area contributed by atoms with Gasteiger partial charge >= 0.3 is 6.09 Å². The number of piperidine rings is 1. The molecule has 0 bridgehead atoms. The van der Waals surface area contributed by atoms with Crippen LogP contribution in [0.15, 0.2) is 48.7 Å². The zero-order chi connectivity index (χ0) is 23.1. The molecule has 32 heavy (non-hydrogen) atoms. The number of ether oxygens (including phenoxy) is 1. The van der Waals surface area contributed by atoms with Crippen molar-refractivity contribution in [2.24, 2.45) is 5.92 Å². The van der Waals surface area contributed by atoms with Crippen LogP contribution in [-0.4, -0.2) is 46.5 Å². The molecule has 8 heteroatoms. The van der Waals surface area contributed by atoms with Crippen LogP contribution in [0.1, 0.15) is 49.7 Å². The summed E-state index contributed by atoms with van der Waals surface area (Å²) in [6.45, 7) is 6.66. The summed E-state index contributed by atoms with van der Waals surface area (Å²) in [6.07, 6.45) is 2.69. The highest BCUT2D eigenvalue weighted by Crippen LogP contribution is 2.21. The number of carbonyl (C=O) groups is 3. The third-order valence-corrected chi connectivity index (χ3v) is 4.99. The van der Waals surface area contributed by atoms with Gasteiger partial charge in [-0.1, -0.05) is 12.1 Å². The van der Waals surface area contributed by atoms with E-state index < -0.39 is 11.7 Å². The molecule has 3 amide bonds. The number of hydrogen-bond acceptors (Lipinski definition) is 5. The molecular weight excluding hydrogens is 408 g/mol. The van der Waals surface area contributed by atoms with Gasteiger partial charge < -0.3 is 20.3 Å². The molecule has 0 spiro atoms. The van der Waals surface area contributed by atoms with Gasteiger partial charge in [0.05, 0.1) is 18.2 Å². The van der Waals surface area contributed by atoms with Gasteiger partial charge in [-0.2, -0.15) is 0 Å². The minimum atomic E-state index is -0.579. The number of carbonyl (C=O) groups excluding carboxylic acids is 3. The summed E-state index contributed by atoms with van der Waals surface area (Å²) in [4.78, 5) is 43.4. The fourth-order valence-corrected chi connectivity index (χ4v) is 3.44. The number of aromatic nitrogens is 1. The van der Waals surface area contributed by atoms with Crippen LogP contribution in [0.2, 0.25) is 0 Å². The Kier molecular flexibility index (Phi) is 7.45. The quantitative estimate of drug-likeness (QED) is 0.743. The van der Waals surface area contributed by atoms with E-state index in [9.17, 15) is 14.4 Å². The fourth-order valence-electron chi connectivity index (χ4n) is 3.44. The minimum absolute atomic E-state index is 0.177. The molecule has 0 saturated carbocycles. The van der Waals surface area contributed by atoms with Crippen LogP contribution in [0.3, 0.4) is 0 Å². The zero-order valence-electron chi connectivity index (χ0n) is 18.8. The van der Waals surface area contributed by atoms with E-state index >= 15 is 0 Å². The van der Waals surface area contributed by atoms with E-state index in [0.29, 0.717) is 37.3 Å². The maximum absolute atomic E-state index is 12.8. The van der Waals surface area contributed by atoms with Crippen molar-refractivity contribution in [1.29, 1.82) is 0 Å². The minimum Gasteiger partial charge on any atom is -0.444 e. The summed E-state index contributed by atoms with van der Waals surface area (Å²) in [7, 11) is 0. The number of benzene rings is 1. The van der Waals surface area contributed by atoms with Crippen LogP contribution >= 0.6 is 0 Å². The maximum atomic E-state index is 12.8. The summed E-state index contributed by atoms with van der Waals surface area (Å²) < 4.78 is 5.43. The first-order valence-electron chi connectivity index (χ1n) is 10.8. The molecular formula is C24H30N4O4. The van der Waals surface area contributed by atoms with E-state index in [2.05, 4.69) is 15.6 Å². The first-order valence-corrected chi connectivity index (χ1v) is 10.8. The Balaban J connectivity index is 1.56. The van der Waals surface area contributed by atoms with Crippen LogP contribution in [0.25, 0.3) is 0 Å². The molecule has 2 N–H and O–H groups in total. The van der Waals surface area contributed by atoms with E-state index in [1.54, 1.807) is 35.4 Å². The standard InChI is InChI=1S/C24H30N4O4/c1-24(2,3)32-23(31)28-13-7-9-18(16-28)22(30)27-19-11-6-8-17(14-19)21(29)26-15-20-10-4-5-12-25-20/h4-6,8,10-12,14,18H,7,9,13,15-16H2,1-3H3,(H,26,29)(H,27,30). The Morgan fingerprint density at radius 2 is 1.97 bits per heavy atom. The van der Waals surface area contributed by atoms with Crippen molar-refractivity contribution in [1.82, 2.24) is 15.2 Å². The highest BCUT2D eigenvalue weighted by Gasteiger charge is 2.31. The first-order chi connectivity index (χ1) is 15.2. The van der Waals surface area contributed by atoms with Crippen molar-refractivity contribution in [3.8, 4) is 0 Å². The molecule has 2 heterocycles. The Labute approximate surface area is 188 Å². The molecule has 2 aromatic rings. The van der Waals surface area contributed by atoms with Crippen LogP contribution in [0.4, 0.5) is 10.5 Å². The maximum Gasteiger partial charge on any atom is 0.410 e. The van der Waals surface area contributed by atoms with E-state index in [4.69, 9.17) is 4.74 Å². The molecule has 1 aromatic carbocycles. The summed E-state index contributed by atoms with van der Waals surface area (Å²) in [6, 6.07) is 12.3. The van der Waals surface area contributed by atoms with E-state index in [1.807, 2.05) is 39.0 Å². The van der Waals surface area contributed by atoms with Gasteiger partial charge in [0.1, 0.15) is 5.60 Å². The van der Waals surface area contributed by atoms with Crippen molar-refractivity contribution in [3.05, 3.63) is 59.9 Å². The lowest BCUT2D eigenvalue weighted by molar-refractivity contribution is -0.121. The van der Waals surface area contributed by atoms with Crippen LogP contribution in [0.5, 0.6) is 0 Å². The number of likely N-dealkylation sites (tertiary alicyclic amines) is 1. The second-order valence-corrected chi connectivity index (χ2v) is 8.84. The predicted molar refractivity (Wildman–Crippen MR) is 121 cm³/mol. The number of anilines is 1. The van der Waals surface area contributed by atoms with Gasteiger partial charge in [0.2, 0.25) is 5.91 Å². The van der Waals surface area contributed by atoms with Gasteiger partial charge in [0, 0.05) is 30.5 Å². The highest BCUT2D eigenvalue weighted by molar-refractivity contribution is 5.97. The number of hydrogen-bond donors (Lipinski definition) is 2. The van der Waals surface area contributed by atoms with Gasteiger partial charge in [0.25, 0.3) is 5.91 Å². The molecule has 3 rings (SSSR count). The highest BCUT2D eigenvalue weighted by atomic mass is 16.6. The molecule has 1 atom stereocenters. The largest absolute Gasteiger partial charge is 0.444 e. The molecule has 0 aliphatic carbocycles. The lowest BCUT2D eigenvalue weighted by Gasteiger charge is -2.33. The van der Waals surface area contributed by atoms with Crippen molar-refractivity contribution in [3.63, 3.8) is 0 Å². The monoisotopic (exact) mass is 438 g/mol. The number of rotatable bonds is 5. The van der Waals surface area contributed by atoms with Crippen molar-refractivity contribution in [2.75, 3.05) is 18.4 Å². The molecule has 8 nitrogen and oxygen atoms in total. The lowest BCUT2D eigenvalue weighted by Crippen LogP contribution is -2.45. The van der Waals surface area contributed by atoms with Gasteiger partial charge in [-0.15, -0.1) is 0 Å². The Morgan fingerprint density at radius 3 is 2.69 bits per heavy atom. The Morgan fingerprint density at radius 1 is 1.16 bits per heavy atom. The summed E-state index contributed by atoms with van der Waals surface area (Å²) in [5, 5.41) is 5.70. The molecule has 1 aromatic heterocycles. The average molecular weight is 439 g/mol. The second-order valence-electron chi connectivity index (χ2n) is 8.84. The van der Waals surface area contributed by atoms with Crippen molar-refractivity contribution >= 4 is 23.6 Å². The summed E-state index contributed by atoms with van der Waals surface area (Å²) in [5.74, 6) is -0.761. The average Bonchev–Trinajstić information content (AvgIpc) is 2.77. The third-order valence-electron chi connectivity index (χ3n) is 4.99. The smallest absolute Gasteiger partial charge is 0.410 e. The van der Waals surface area contributed by atoms with Gasteiger partial charge in [-0.25, -0.2) is 4.79 Å². The number of pyridine rings is 1. The van der Waals surface area contributed by atoms with E-state index in [0.717, 1.165) is 12.1 Å². The molecule has 170 valence electrons. The van der Waals surface area contributed by atoms with Gasteiger partial charge in [-0.3, -0.25) is 14.6 Å². The van der Waals surface area contributed by atoms with Crippen molar-refractivity contribution < 1.29 is 19.1 Å². The van der Waals surface area contributed by atoms with Crippen LogP contribution in [0, 0.1) is 5.92 Å². The normalized spacial score (nSPS) is 16.2. The molecule has 1 unspecified atom stereocenters. The molecule has 0 radical (unpaired) electrons.